The smallest absolute Gasteiger partial charge is 0.230 e. The zero-order valence-corrected chi connectivity index (χ0v) is 14.8. The zero-order valence-electron chi connectivity index (χ0n) is 14.0. The fraction of sp³-hybridized carbons (Fsp3) is 0.118. The largest absolute Gasteiger partial charge is 0.496 e. The number of primary sulfonamides is 1. The predicted octanol–water partition coefficient (Wildman–Crippen LogP) is 2.08. The topological polar surface area (TPSA) is 120 Å². The molecule has 1 aromatic heterocycles. The van der Waals surface area contributed by atoms with Crippen molar-refractivity contribution in [3.8, 4) is 17.1 Å². The Balaban J connectivity index is 1.87. The first kappa shape index (κ1) is 17.8. The number of benzene rings is 2. The fourth-order valence-corrected chi connectivity index (χ4v) is 3.06. The van der Waals surface area contributed by atoms with Gasteiger partial charge in [0.2, 0.25) is 16.0 Å². The molecule has 9 heteroatoms. The Kier molecular flexibility index (Phi) is 5.10. The van der Waals surface area contributed by atoms with E-state index in [4.69, 9.17) is 9.88 Å². The van der Waals surface area contributed by atoms with Gasteiger partial charge in [0.05, 0.1) is 18.4 Å². The molecule has 0 saturated carbocycles. The molecule has 0 spiro atoms. The molecule has 0 fully saturated rings. The van der Waals surface area contributed by atoms with Gasteiger partial charge in [-0.3, -0.25) is 0 Å². The first-order valence-corrected chi connectivity index (χ1v) is 9.35. The van der Waals surface area contributed by atoms with Crippen molar-refractivity contribution in [1.82, 2.24) is 15.0 Å². The van der Waals surface area contributed by atoms with Crippen LogP contribution in [-0.2, 0) is 15.8 Å². The van der Waals surface area contributed by atoms with Gasteiger partial charge in [0.1, 0.15) is 12.1 Å². The van der Waals surface area contributed by atoms with Crippen LogP contribution in [0.15, 0.2) is 54.9 Å². The monoisotopic (exact) mass is 371 g/mol. The third kappa shape index (κ3) is 4.52. The summed E-state index contributed by atoms with van der Waals surface area (Å²) in [6.45, 7) is 0. The Morgan fingerprint density at radius 3 is 2.69 bits per heavy atom. The van der Waals surface area contributed by atoms with Gasteiger partial charge < -0.3 is 10.1 Å². The average Bonchev–Trinajstić information content (AvgIpc) is 2.61. The van der Waals surface area contributed by atoms with Gasteiger partial charge >= 0.3 is 0 Å². The number of hydrogen-bond donors (Lipinski definition) is 2. The zero-order chi connectivity index (χ0) is 18.6. The van der Waals surface area contributed by atoms with Crippen LogP contribution >= 0.6 is 0 Å². The van der Waals surface area contributed by atoms with Crippen molar-refractivity contribution in [2.75, 3.05) is 12.4 Å². The molecule has 0 aliphatic rings. The van der Waals surface area contributed by atoms with Gasteiger partial charge in [-0.1, -0.05) is 24.3 Å². The van der Waals surface area contributed by atoms with E-state index in [1.165, 1.54) is 6.33 Å². The molecule has 134 valence electrons. The lowest BCUT2D eigenvalue weighted by Crippen LogP contribution is -2.14. The fourth-order valence-electron chi connectivity index (χ4n) is 2.42. The third-order valence-electron chi connectivity index (χ3n) is 3.47. The van der Waals surface area contributed by atoms with E-state index in [-0.39, 0.29) is 5.75 Å². The lowest BCUT2D eigenvalue weighted by atomic mass is 10.2. The molecule has 8 nitrogen and oxygen atoms in total. The van der Waals surface area contributed by atoms with Crippen LogP contribution in [0, 0.1) is 0 Å². The number of ether oxygens (including phenoxy) is 1. The van der Waals surface area contributed by atoms with Gasteiger partial charge in [-0.25, -0.2) is 23.5 Å². The van der Waals surface area contributed by atoms with Crippen LogP contribution < -0.4 is 15.2 Å². The Labute approximate surface area is 151 Å². The van der Waals surface area contributed by atoms with Crippen LogP contribution in [0.2, 0.25) is 0 Å². The standard InChI is InChI=1S/C17H17N5O3S/c1-25-15-8-3-2-7-14(15)16-19-11-20-17(22-16)21-13-6-4-5-12(9-13)10-26(18,23)24/h2-9,11H,10H2,1H3,(H2,18,23,24)(H,19,20,21,22). The highest BCUT2D eigenvalue weighted by Crippen LogP contribution is 2.27. The molecule has 0 saturated heterocycles. The highest BCUT2D eigenvalue weighted by atomic mass is 32.2. The molecule has 0 aliphatic carbocycles. The predicted molar refractivity (Wildman–Crippen MR) is 98.4 cm³/mol. The number of anilines is 2. The van der Waals surface area contributed by atoms with Gasteiger partial charge in [-0.2, -0.15) is 4.98 Å². The summed E-state index contributed by atoms with van der Waals surface area (Å²) in [4.78, 5) is 12.7. The Hall–Kier alpha value is -3.04. The number of nitrogens with zero attached hydrogens (tertiary/aromatic N) is 3. The average molecular weight is 371 g/mol. The molecule has 3 N–H and O–H groups in total. The van der Waals surface area contributed by atoms with Crippen molar-refractivity contribution in [3.05, 3.63) is 60.4 Å². The summed E-state index contributed by atoms with van der Waals surface area (Å²) in [6.07, 6.45) is 1.39. The highest BCUT2D eigenvalue weighted by Gasteiger charge is 2.10. The van der Waals surface area contributed by atoms with Crippen molar-refractivity contribution < 1.29 is 13.2 Å². The number of nitrogens with one attached hydrogen (secondary N) is 1. The van der Waals surface area contributed by atoms with Crippen molar-refractivity contribution in [2.45, 2.75) is 5.75 Å². The van der Waals surface area contributed by atoms with Gasteiger partial charge in [0, 0.05) is 5.69 Å². The second-order valence-corrected chi connectivity index (χ2v) is 7.08. The van der Waals surface area contributed by atoms with Gasteiger partial charge in [0.25, 0.3) is 0 Å². The molecular formula is C17H17N5O3S. The number of aromatic nitrogens is 3. The Morgan fingerprint density at radius 2 is 1.92 bits per heavy atom. The SMILES string of the molecule is COc1ccccc1-c1ncnc(Nc2cccc(CS(N)(=O)=O)c2)n1. The minimum atomic E-state index is -3.60. The second-order valence-electron chi connectivity index (χ2n) is 5.47. The van der Waals surface area contributed by atoms with Gasteiger partial charge in [-0.05, 0) is 29.8 Å². The number of hydrogen-bond acceptors (Lipinski definition) is 7. The minimum Gasteiger partial charge on any atom is -0.496 e. The normalized spacial score (nSPS) is 11.2. The van der Waals surface area contributed by atoms with E-state index in [1.807, 2.05) is 24.3 Å². The van der Waals surface area contributed by atoms with Gasteiger partial charge in [-0.15, -0.1) is 0 Å². The number of methoxy groups -OCH3 is 1. The number of sulfonamides is 1. The molecule has 2 aromatic carbocycles. The van der Waals surface area contributed by atoms with E-state index in [0.717, 1.165) is 5.56 Å². The summed E-state index contributed by atoms with van der Waals surface area (Å²) in [7, 11) is -2.02. The van der Waals surface area contributed by atoms with Crippen LogP contribution in [0.5, 0.6) is 5.75 Å². The molecule has 26 heavy (non-hydrogen) atoms. The van der Waals surface area contributed by atoms with Crippen molar-refractivity contribution in [3.63, 3.8) is 0 Å². The third-order valence-corrected chi connectivity index (χ3v) is 4.21. The summed E-state index contributed by atoms with van der Waals surface area (Å²) in [5.41, 5.74) is 1.95. The maximum atomic E-state index is 11.2. The van der Waals surface area contributed by atoms with Crippen LogP contribution in [0.25, 0.3) is 11.4 Å². The number of rotatable bonds is 6. The Morgan fingerprint density at radius 1 is 1.12 bits per heavy atom. The van der Waals surface area contributed by atoms with E-state index in [0.29, 0.717) is 28.8 Å². The quantitative estimate of drug-likeness (QED) is 0.680. The molecule has 0 amide bonds. The van der Waals surface area contributed by atoms with Crippen molar-refractivity contribution in [2.24, 2.45) is 5.14 Å². The first-order chi connectivity index (χ1) is 12.4. The van der Waals surface area contributed by atoms with Crippen molar-refractivity contribution >= 4 is 21.7 Å². The van der Waals surface area contributed by atoms with E-state index in [1.54, 1.807) is 31.4 Å². The second kappa shape index (κ2) is 7.46. The first-order valence-electron chi connectivity index (χ1n) is 7.63. The summed E-state index contributed by atoms with van der Waals surface area (Å²) in [5.74, 6) is 1.20. The summed E-state index contributed by atoms with van der Waals surface area (Å²) in [5, 5.41) is 8.13. The molecule has 3 rings (SSSR count). The van der Waals surface area contributed by atoms with Crippen LogP contribution in [-0.4, -0.2) is 30.5 Å². The van der Waals surface area contributed by atoms with Gasteiger partial charge in [0.15, 0.2) is 5.82 Å². The lowest BCUT2D eigenvalue weighted by Gasteiger charge is -2.09. The summed E-state index contributed by atoms with van der Waals surface area (Å²) in [6, 6.07) is 14.3. The lowest BCUT2D eigenvalue weighted by molar-refractivity contribution is 0.416. The molecule has 1 heterocycles. The highest BCUT2D eigenvalue weighted by molar-refractivity contribution is 7.88. The van der Waals surface area contributed by atoms with Crippen LogP contribution in [0.4, 0.5) is 11.6 Å². The molecule has 0 unspecified atom stereocenters. The van der Waals surface area contributed by atoms with Crippen LogP contribution in [0.1, 0.15) is 5.56 Å². The number of para-hydroxylation sites is 1. The molecule has 0 aliphatic heterocycles. The molecule has 0 bridgehead atoms. The maximum Gasteiger partial charge on any atom is 0.230 e. The van der Waals surface area contributed by atoms with E-state index in [9.17, 15) is 8.42 Å². The Bertz CT molecular complexity index is 1020. The molecule has 0 atom stereocenters. The summed E-state index contributed by atoms with van der Waals surface area (Å²) < 4.78 is 27.8. The van der Waals surface area contributed by atoms with E-state index in [2.05, 4.69) is 20.3 Å². The van der Waals surface area contributed by atoms with Crippen molar-refractivity contribution in [1.29, 1.82) is 0 Å². The molecule has 3 aromatic rings. The maximum absolute atomic E-state index is 11.2. The number of nitrogens with two attached hydrogens (primary N) is 1. The molecule has 0 radical (unpaired) electrons. The minimum absolute atomic E-state index is 0.244. The van der Waals surface area contributed by atoms with E-state index >= 15 is 0 Å². The van der Waals surface area contributed by atoms with E-state index < -0.39 is 10.0 Å². The van der Waals surface area contributed by atoms with Crippen LogP contribution in [0.3, 0.4) is 0 Å². The summed E-state index contributed by atoms with van der Waals surface area (Å²) >= 11 is 0. The molecular weight excluding hydrogens is 354 g/mol.